The number of halogens is 4. The Labute approximate surface area is 124 Å². The lowest BCUT2D eigenvalue weighted by molar-refractivity contribution is -0.137. The minimum absolute atomic E-state index is 0.0228. The van der Waals surface area contributed by atoms with Gasteiger partial charge < -0.3 is 10.6 Å². The van der Waals surface area contributed by atoms with E-state index >= 15 is 0 Å². The molecule has 2 N–H and O–H groups in total. The molecule has 0 bridgehead atoms. The van der Waals surface area contributed by atoms with Crippen LogP contribution in [0, 0.1) is 5.92 Å². The molecule has 1 amide bonds. The summed E-state index contributed by atoms with van der Waals surface area (Å²) in [7, 11) is 0. The Hall–Kier alpha value is -1.34. The molecule has 0 atom stereocenters. The molecule has 20 heavy (non-hydrogen) atoms. The monoisotopic (exact) mass is 324 g/mol. The van der Waals surface area contributed by atoms with Gasteiger partial charge in [-0.2, -0.15) is 13.2 Å². The Morgan fingerprint density at radius 1 is 1.35 bits per heavy atom. The van der Waals surface area contributed by atoms with Crippen molar-refractivity contribution < 1.29 is 18.0 Å². The molecule has 0 saturated heterocycles. The van der Waals surface area contributed by atoms with Crippen molar-refractivity contribution in [1.29, 1.82) is 0 Å². The summed E-state index contributed by atoms with van der Waals surface area (Å²) in [6.07, 6.45) is -4.46. The number of anilines is 1. The van der Waals surface area contributed by atoms with Gasteiger partial charge in [0.2, 0.25) is 5.91 Å². The number of alkyl halides is 3. The number of nitrogens with one attached hydrogen (secondary N) is 2. The highest BCUT2D eigenvalue weighted by Gasteiger charge is 2.30. The largest absolute Gasteiger partial charge is 0.416 e. The van der Waals surface area contributed by atoms with Gasteiger partial charge in [-0.25, -0.2) is 0 Å². The molecule has 0 spiro atoms. The van der Waals surface area contributed by atoms with E-state index < -0.39 is 11.7 Å². The van der Waals surface area contributed by atoms with Crippen molar-refractivity contribution in [3.05, 3.63) is 28.8 Å². The molecule has 0 aromatic heterocycles. The molecule has 0 unspecified atom stereocenters. The Morgan fingerprint density at radius 2 is 1.95 bits per heavy atom. The second-order valence-electron chi connectivity index (χ2n) is 4.29. The summed E-state index contributed by atoms with van der Waals surface area (Å²) in [4.78, 5) is 11.4. The Morgan fingerprint density at radius 3 is 2.40 bits per heavy atom. The summed E-state index contributed by atoms with van der Waals surface area (Å²) < 4.78 is 37.4. The topological polar surface area (TPSA) is 41.1 Å². The SMILES string of the molecule is CC(C)C(=O)NC(=S)Nc1ccc(C(F)(F)F)cc1Cl. The van der Waals surface area contributed by atoms with E-state index in [9.17, 15) is 18.0 Å². The Balaban J connectivity index is 2.79. The van der Waals surface area contributed by atoms with E-state index in [0.717, 1.165) is 18.2 Å². The molecule has 8 heteroatoms. The summed E-state index contributed by atoms with van der Waals surface area (Å²) in [5, 5.41) is 4.81. The molecule has 1 aromatic rings. The van der Waals surface area contributed by atoms with Crippen LogP contribution >= 0.6 is 23.8 Å². The van der Waals surface area contributed by atoms with Crippen LogP contribution in [-0.2, 0) is 11.0 Å². The first-order chi connectivity index (χ1) is 9.11. The van der Waals surface area contributed by atoms with Crippen LogP contribution in [0.2, 0.25) is 5.02 Å². The molecule has 0 heterocycles. The summed E-state index contributed by atoms with van der Waals surface area (Å²) in [6.45, 7) is 3.37. The lowest BCUT2D eigenvalue weighted by atomic mass is 10.2. The lowest BCUT2D eigenvalue weighted by Crippen LogP contribution is -2.36. The van der Waals surface area contributed by atoms with Crippen LogP contribution in [0.3, 0.4) is 0 Å². The van der Waals surface area contributed by atoms with Crippen molar-refractivity contribution in [1.82, 2.24) is 5.32 Å². The van der Waals surface area contributed by atoms with Crippen LogP contribution in [0.5, 0.6) is 0 Å². The molecule has 3 nitrogen and oxygen atoms in total. The molecule has 1 aromatic carbocycles. The van der Waals surface area contributed by atoms with Crippen LogP contribution in [0.25, 0.3) is 0 Å². The van der Waals surface area contributed by atoms with E-state index in [2.05, 4.69) is 10.6 Å². The molecule has 0 aliphatic carbocycles. The van der Waals surface area contributed by atoms with Crippen molar-refractivity contribution in [3.63, 3.8) is 0 Å². The van der Waals surface area contributed by atoms with Crippen LogP contribution in [0.4, 0.5) is 18.9 Å². The molecule has 0 saturated carbocycles. The predicted molar refractivity (Wildman–Crippen MR) is 75.7 cm³/mol. The van der Waals surface area contributed by atoms with Crippen molar-refractivity contribution in [2.24, 2.45) is 5.92 Å². The standard InChI is InChI=1S/C12H12ClF3N2OS/c1-6(2)10(19)18-11(20)17-9-4-3-7(5-8(9)13)12(14,15)16/h3-6H,1-2H3,(H2,17,18,19,20). The average Bonchev–Trinajstić information content (AvgIpc) is 2.30. The van der Waals surface area contributed by atoms with Gasteiger partial charge >= 0.3 is 6.18 Å². The van der Waals surface area contributed by atoms with Gasteiger partial charge in [0.15, 0.2) is 5.11 Å². The number of amides is 1. The first kappa shape index (κ1) is 16.7. The number of hydrogen-bond donors (Lipinski definition) is 2. The molecule has 0 fully saturated rings. The molecular weight excluding hydrogens is 313 g/mol. The third kappa shape index (κ3) is 4.64. The number of thiocarbonyl (C=S) groups is 1. The summed E-state index contributed by atoms with van der Waals surface area (Å²) in [5.41, 5.74) is -0.668. The van der Waals surface area contributed by atoms with Gasteiger partial charge in [0.05, 0.1) is 16.3 Å². The maximum atomic E-state index is 12.5. The van der Waals surface area contributed by atoms with Gasteiger partial charge in [-0.05, 0) is 30.4 Å². The fourth-order valence-electron chi connectivity index (χ4n) is 1.20. The lowest BCUT2D eigenvalue weighted by Gasteiger charge is -2.13. The summed E-state index contributed by atoms with van der Waals surface area (Å²) in [5.74, 6) is -0.566. The number of carbonyl (C=O) groups excluding carboxylic acids is 1. The maximum absolute atomic E-state index is 12.5. The Bertz CT molecular complexity index is 532. The zero-order valence-corrected chi connectivity index (χ0v) is 12.2. The van der Waals surface area contributed by atoms with Gasteiger partial charge in [-0.1, -0.05) is 25.4 Å². The van der Waals surface area contributed by atoms with Gasteiger partial charge in [0.1, 0.15) is 0 Å². The highest BCUT2D eigenvalue weighted by molar-refractivity contribution is 7.80. The molecule has 1 rings (SSSR count). The second kappa shape index (κ2) is 6.41. The van der Waals surface area contributed by atoms with E-state index in [-0.39, 0.29) is 27.6 Å². The smallest absolute Gasteiger partial charge is 0.331 e. The van der Waals surface area contributed by atoms with E-state index in [1.165, 1.54) is 0 Å². The number of benzene rings is 1. The average molecular weight is 325 g/mol. The summed E-state index contributed by atoms with van der Waals surface area (Å²) in [6, 6.07) is 2.82. The van der Waals surface area contributed by atoms with E-state index in [4.69, 9.17) is 23.8 Å². The maximum Gasteiger partial charge on any atom is 0.416 e. The minimum Gasteiger partial charge on any atom is -0.331 e. The third-order valence-corrected chi connectivity index (χ3v) is 2.82. The molecule has 0 aliphatic heterocycles. The zero-order chi connectivity index (χ0) is 15.5. The van der Waals surface area contributed by atoms with Gasteiger partial charge in [-0.15, -0.1) is 0 Å². The second-order valence-corrected chi connectivity index (χ2v) is 5.11. The van der Waals surface area contributed by atoms with Gasteiger partial charge in [0.25, 0.3) is 0 Å². The van der Waals surface area contributed by atoms with Crippen molar-refractivity contribution in [2.75, 3.05) is 5.32 Å². The highest BCUT2D eigenvalue weighted by Crippen LogP contribution is 2.33. The fourth-order valence-corrected chi connectivity index (χ4v) is 1.64. The molecule has 0 aliphatic rings. The van der Waals surface area contributed by atoms with Crippen LogP contribution in [-0.4, -0.2) is 11.0 Å². The quantitative estimate of drug-likeness (QED) is 0.812. The first-order valence-electron chi connectivity index (χ1n) is 5.60. The van der Waals surface area contributed by atoms with Gasteiger partial charge in [0, 0.05) is 5.92 Å². The normalized spacial score (nSPS) is 11.3. The first-order valence-corrected chi connectivity index (χ1v) is 6.38. The van der Waals surface area contributed by atoms with Crippen molar-refractivity contribution in [2.45, 2.75) is 20.0 Å². The van der Waals surface area contributed by atoms with E-state index in [0.29, 0.717) is 0 Å². The fraction of sp³-hybridized carbons (Fsp3) is 0.333. The number of hydrogen-bond acceptors (Lipinski definition) is 2. The molecule has 0 radical (unpaired) electrons. The number of rotatable bonds is 2. The molecule has 110 valence electrons. The highest BCUT2D eigenvalue weighted by atomic mass is 35.5. The zero-order valence-electron chi connectivity index (χ0n) is 10.6. The minimum atomic E-state index is -4.46. The van der Waals surface area contributed by atoms with Crippen molar-refractivity contribution >= 4 is 40.5 Å². The summed E-state index contributed by atoms with van der Waals surface area (Å²) >= 11 is 10.6. The number of carbonyl (C=O) groups is 1. The van der Waals surface area contributed by atoms with Gasteiger partial charge in [-0.3, -0.25) is 4.79 Å². The van der Waals surface area contributed by atoms with Crippen LogP contribution in [0.1, 0.15) is 19.4 Å². The van der Waals surface area contributed by atoms with Crippen LogP contribution < -0.4 is 10.6 Å². The third-order valence-electron chi connectivity index (χ3n) is 2.31. The van der Waals surface area contributed by atoms with E-state index in [1.54, 1.807) is 13.8 Å². The van der Waals surface area contributed by atoms with E-state index in [1.807, 2.05) is 0 Å². The van der Waals surface area contributed by atoms with Crippen molar-refractivity contribution in [3.8, 4) is 0 Å². The Kier molecular flexibility index (Phi) is 5.35. The molecular formula is C12H12ClF3N2OS. The van der Waals surface area contributed by atoms with Crippen LogP contribution in [0.15, 0.2) is 18.2 Å². The predicted octanol–water partition coefficient (Wildman–Crippen LogP) is 3.83.